The van der Waals surface area contributed by atoms with Crippen molar-refractivity contribution < 1.29 is 17.6 Å². The van der Waals surface area contributed by atoms with Gasteiger partial charge in [0.25, 0.3) is 0 Å². The summed E-state index contributed by atoms with van der Waals surface area (Å²) in [5.41, 5.74) is 4.25. The van der Waals surface area contributed by atoms with Gasteiger partial charge in [0.15, 0.2) is 0 Å². The Kier molecular flexibility index (Phi) is 3.57. The first kappa shape index (κ1) is 12.3. The molecule has 1 nitrogen and oxygen atoms in total. The van der Waals surface area contributed by atoms with E-state index in [-0.39, 0.29) is 5.56 Å². The van der Waals surface area contributed by atoms with E-state index in [1.165, 1.54) is 6.07 Å². The fraction of sp³-hybridized carbons (Fsp3) is 0.333. The second kappa shape index (κ2) is 4.37. The quantitative estimate of drug-likeness (QED) is 0.790. The summed E-state index contributed by atoms with van der Waals surface area (Å²) in [7, 11) is 0. The summed E-state index contributed by atoms with van der Waals surface area (Å²) in [6.45, 7) is -0.957. The van der Waals surface area contributed by atoms with Gasteiger partial charge in [0.05, 0.1) is 16.6 Å². The zero-order chi connectivity index (χ0) is 11.6. The summed E-state index contributed by atoms with van der Waals surface area (Å²) in [4.78, 5) is 0. The Morgan fingerprint density at radius 1 is 1.33 bits per heavy atom. The van der Waals surface area contributed by atoms with Crippen LogP contribution in [0, 0.1) is 0 Å². The molecule has 2 N–H and O–H groups in total. The molecule has 0 aliphatic rings. The molecule has 84 valence electrons. The molecule has 0 aliphatic carbocycles. The number of hydrogen-bond donors (Lipinski definition) is 1. The second-order valence-corrected chi connectivity index (χ2v) is 3.35. The van der Waals surface area contributed by atoms with Gasteiger partial charge in [-0.25, -0.2) is 4.39 Å². The van der Waals surface area contributed by atoms with Crippen molar-refractivity contribution in [2.75, 3.05) is 6.67 Å². The maximum atomic E-state index is 12.4. The van der Waals surface area contributed by atoms with E-state index in [2.05, 4.69) is 0 Å². The highest BCUT2D eigenvalue weighted by molar-refractivity contribution is 6.32. The molecule has 0 aliphatic heterocycles. The van der Waals surface area contributed by atoms with Crippen molar-refractivity contribution >= 4 is 11.6 Å². The van der Waals surface area contributed by atoms with E-state index in [4.69, 9.17) is 17.3 Å². The SMILES string of the molecule is N[C@H](CF)c1cccc(C(F)(F)F)c1Cl. The van der Waals surface area contributed by atoms with Crippen LogP contribution in [0.4, 0.5) is 17.6 Å². The van der Waals surface area contributed by atoms with Crippen LogP contribution < -0.4 is 5.73 Å². The first-order valence-corrected chi connectivity index (χ1v) is 4.43. The third-order valence-electron chi connectivity index (χ3n) is 1.90. The molecule has 1 aromatic rings. The monoisotopic (exact) mass is 241 g/mol. The number of benzene rings is 1. The smallest absolute Gasteiger partial charge is 0.322 e. The average molecular weight is 242 g/mol. The van der Waals surface area contributed by atoms with E-state index in [1.54, 1.807) is 0 Å². The van der Waals surface area contributed by atoms with Gasteiger partial charge in [0, 0.05) is 0 Å². The number of halogens is 5. The number of alkyl halides is 4. The van der Waals surface area contributed by atoms with Crippen molar-refractivity contribution in [2.24, 2.45) is 5.73 Å². The standard InChI is InChI=1S/C9H8ClF4N/c10-8-5(7(15)4-11)2-1-3-6(8)9(12,13)14/h1-3,7H,4,15H2/t7-/m1/s1. The number of nitrogens with two attached hydrogens (primary N) is 1. The van der Waals surface area contributed by atoms with Gasteiger partial charge in [-0.3, -0.25) is 0 Å². The third kappa shape index (κ3) is 2.60. The Hall–Kier alpha value is -0.810. The molecule has 1 rings (SSSR count). The molecule has 0 bridgehead atoms. The highest BCUT2D eigenvalue weighted by atomic mass is 35.5. The molecule has 1 aromatic carbocycles. The van der Waals surface area contributed by atoms with Gasteiger partial charge in [-0.1, -0.05) is 23.7 Å². The van der Waals surface area contributed by atoms with Crippen LogP contribution in [0.3, 0.4) is 0 Å². The second-order valence-electron chi connectivity index (χ2n) is 2.97. The topological polar surface area (TPSA) is 26.0 Å². The number of hydrogen-bond acceptors (Lipinski definition) is 1. The summed E-state index contributed by atoms with van der Waals surface area (Å²) in [5.74, 6) is 0. The lowest BCUT2D eigenvalue weighted by atomic mass is 10.0. The van der Waals surface area contributed by atoms with E-state index in [0.29, 0.717) is 0 Å². The maximum absolute atomic E-state index is 12.4. The van der Waals surface area contributed by atoms with Crippen LogP contribution in [-0.2, 0) is 6.18 Å². The molecule has 0 saturated heterocycles. The predicted molar refractivity (Wildman–Crippen MR) is 49.4 cm³/mol. The molecule has 1 atom stereocenters. The first-order valence-electron chi connectivity index (χ1n) is 4.05. The minimum Gasteiger partial charge on any atom is -0.322 e. The third-order valence-corrected chi connectivity index (χ3v) is 2.32. The van der Waals surface area contributed by atoms with E-state index >= 15 is 0 Å². The highest BCUT2D eigenvalue weighted by Crippen LogP contribution is 2.37. The van der Waals surface area contributed by atoms with E-state index < -0.39 is 29.5 Å². The molecule has 0 radical (unpaired) electrons. The lowest BCUT2D eigenvalue weighted by molar-refractivity contribution is -0.137. The van der Waals surface area contributed by atoms with E-state index in [1.807, 2.05) is 0 Å². The summed E-state index contributed by atoms with van der Waals surface area (Å²) < 4.78 is 49.3. The maximum Gasteiger partial charge on any atom is 0.417 e. The van der Waals surface area contributed by atoms with Crippen LogP contribution >= 0.6 is 11.6 Å². The Morgan fingerprint density at radius 2 is 1.93 bits per heavy atom. The number of rotatable bonds is 2. The van der Waals surface area contributed by atoms with Crippen molar-refractivity contribution in [2.45, 2.75) is 12.2 Å². The van der Waals surface area contributed by atoms with Crippen LogP contribution in [0.1, 0.15) is 17.2 Å². The Labute approximate surface area is 88.8 Å². The van der Waals surface area contributed by atoms with Gasteiger partial charge >= 0.3 is 6.18 Å². The molecule has 0 amide bonds. The van der Waals surface area contributed by atoms with E-state index in [9.17, 15) is 17.6 Å². The van der Waals surface area contributed by atoms with Crippen LogP contribution in [-0.4, -0.2) is 6.67 Å². The Balaban J connectivity index is 3.23. The molecule has 0 spiro atoms. The van der Waals surface area contributed by atoms with Crippen LogP contribution in [0.2, 0.25) is 5.02 Å². The van der Waals surface area contributed by atoms with Crippen molar-refractivity contribution in [3.63, 3.8) is 0 Å². The van der Waals surface area contributed by atoms with Crippen molar-refractivity contribution in [3.05, 3.63) is 34.3 Å². The van der Waals surface area contributed by atoms with Gasteiger partial charge in [-0.15, -0.1) is 0 Å². The van der Waals surface area contributed by atoms with Crippen LogP contribution in [0.25, 0.3) is 0 Å². The predicted octanol–water partition coefficient (Wildman–Crippen LogP) is 3.33. The molecule has 0 fully saturated rings. The van der Waals surface area contributed by atoms with Crippen molar-refractivity contribution in [3.8, 4) is 0 Å². The molecule has 0 aromatic heterocycles. The zero-order valence-corrected chi connectivity index (χ0v) is 8.24. The summed E-state index contributed by atoms with van der Waals surface area (Å²) in [5, 5.41) is -0.532. The van der Waals surface area contributed by atoms with Crippen LogP contribution in [0.5, 0.6) is 0 Å². The van der Waals surface area contributed by atoms with Gasteiger partial charge in [0.1, 0.15) is 6.67 Å². The zero-order valence-electron chi connectivity index (χ0n) is 7.48. The molecule has 0 heterocycles. The minimum atomic E-state index is -4.55. The molecule has 6 heteroatoms. The summed E-state index contributed by atoms with van der Waals surface area (Å²) in [6.07, 6.45) is -4.55. The lowest BCUT2D eigenvalue weighted by Crippen LogP contribution is -2.15. The van der Waals surface area contributed by atoms with Gasteiger partial charge in [-0.2, -0.15) is 13.2 Å². The first-order chi connectivity index (χ1) is 6.88. The average Bonchev–Trinajstić information content (AvgIpc) is 2.15. The van der Waals surface area contributed by atoms with Gasteiger partial charge in [0.2, 0.25) is 0 Å². The fourth-order valence-corrected chi connectivity index (χ4v) is 1.51. The molecule has 0 saturated carbocycles. The molecule has 15 heavy (non-hydrogen) atoms. The van der Waals surface area contributed by atoms with Gasteiger partial charge in [-0.05, 0) is 11.6 Å². The lowest BCUT2D eigenvalue weighted by Gasteiger charge is -2.14. The van der Waals surface area contributed by atoms with Gasteiger partial charge < -0.3 is 5.73 Å². The summed E-state index contributed by atoms with van der Waals surface area (Å²) >= 11 is 5.50. The fourth-order valence-electron chi connectivity index (χ4n) is 1.14. The normalized spacial score (nSPS) is 14.0. The Morgan fingerprint density at radius 3 is 2.40 bits per heavy atom. The Bertz CT molecular complexity index is 350. The molecular formula is C9H8ClF4N. The van der Waals surface area contributed by atoms with Crippen molar-refractivity contribution in [1.29, 1.82) is 0 Å². The molecule has 0 unspecified atom stereocenters. The summed E-state index contributed by atoms with van der Waals surface area (Å²) in [6, 6.07) is 2.14. The minimum absolute atomic E-state index is 0.0333. The molecular weight excluding hydrogens is 234 g/mol. The van der Waals surface area contributed by atoms with Crippen molar-refractivity contribution in [1.82, 2.24) is 0 Å². The van der Waals surface area contributed by atoms with Crippen LogP contribution in [0.15, 0.2) is 18.2 Å². The highest BCUT2D eigenvalue weighted by Gasteiger charge is 2.34. The van der Waals surface area contributed by atoms with E-state index in [0.717, 1.165) is 12.1 Å². The largest absolute Gasteiger partial charge is 0.417 e.